The number of anilines is 1. The topological polar surface area (TPSA) is 8.17 Å². The number of rotatable bonds is 7. The lowest BCUT2D eigenvalue weighted by Gasteiger charge is -2.43. The number of hydrogen-bond acceptors (Lipinski definition) is 1. The maximum Gasteiger partial charge on any atom is 0.0995 e. The maximum absolute atomic E-state index is 2.80. The summed E-state index contributed by atoms with van der Waals surface area (Å²) in [5, 5.41) is 5.16. The van der Waals surface area contributed by atoms with Gasteiger partial charge in [0.2, 0.25) is 0 Å². The minimum absolute atomic E-state index is 0.0238. The molecule has 46 heavy (non-hydrogen) atoms. The standard InChI is InChI=1S/C44H49N2/c1-9-44(10-2)28-43(7,8)46(41-35(29(3)4)19-15-20-36(41)30(5)6)42(44)33-23-25-40-38(27-33)37-18-13-14-21-39(37)45(40)34-24-22-31-16-11-12-17-32(31)26-34/h11-27,29-30H,9-10,28H2,1-8H3. The lowest BCUT2D eigenvalue weighted by molar-refractivity contribution is 0.284. The van der Waals surface area contributed by atoms with Crippen molar-refractivity contribution >= 4 is 38.3 Å². The van der Waals surface area contributed by atoms with Gasteiger partial charge in [-0.15, -0.1) is 0 Å². The summed E-state index contributed by atoms with van der Waals surface area (Å²) in [5.41, 5.74) is 9.49. The van der Waals surface area contributed by atoms with Crippen LogP contribution in [0, 0.1) is 11.5 Å². The Hall–Kier alpha value is -4.04. The van der Waals surface area contributed by atoms with Crippen LogP contribution < -0.4 is 4.90 Å². The largest absolute Gasteiger partial charge is 0.353 e. The lowest BCUT2D eigenvalue weighted by atomic mass is 9.71. The zero-order valence-corrected chi connectivity index (χ0v) is 29.0. The minimum atomic E-state index is -0.0238. The van der Waals surface area contributed by atoms with Gasteiger partial charge >= 0.3 is 0 Å². The van der Waals surface area contributed by atoms with Gasteiger partial charge in [0.05, 0.1) is 17.1 Å². The van der Waals surface area contributed by atoms with E-state index < -0.39 is 0 Å². The molecule has 1 aromatic heterocycles. The first-order chi connectivity index (χ1) is 22.1. The van der Waals surface area contributed by atoms with E-state index in [9.17, 15) is 0 Å². The fourth-order valence-electron chi connectivity index (χ4n) is 8.70. The fraction of sp³-hybridized carbons (Fsp3) is 0.341. The molecule has 0 saturated carbocycles. The first-order valence-corrected chi connectivity index (χ1v) is 17.4. The summed E-state index contributed by atoms with van der Waals surface area (Å²) in [6, 6.07) is 40.3. The molecule has 7 rings (SSSR count). The minimum Gasteiger partial charge on any atom is -0.353 e. The summed E-state index contributed by atoms with van der Waals surface area (Å²) in [7, 11) is 0. The zero-order valence-electron chi connectivity index (χ0n) is 29.0. The van der Waals surface area contributed by atoms with Crippen LogP contribution in [0.1, 0.15) is 103 Å². The third-order valence-electron chi connectivity index (χ3n) is 11.0. The van der Waals surface area contributed by atoms with E-state index in [0.29, 0.717) is 11.8 Å². The smallest absolute Gasteiger partial charge is 0.0995 e. The predicted molar refractivity (Wildman–Crippen MR) is 199 cm³/mol. The van der Waals surface area contributed by atoms with Gasteiger partial charge in [0.15, 0.2) is 0 Å². The van der Waals surface area contributed by atoms with E-state index in [1.807, 2.05) is 0 Å². The molecule has 1 fully saturated rings. The Morgan fingerprint density at radius 2 is 1.26 bits per heavy atom. The van der Waals surface area contributed by atoms with Gasteiger partial charge in [-0.1, -0.05) is 114 Å². The van der Waals surface area contributed by atoms with E-state index in [1.165, 1.54) is 66.7 Å². The Bertz CT molecular complexity index is 2030. The molecule has 1 aliphatic rings. The highest BCUT2D eigenvalue weighted by Gasteiger charge is 2.56. The van der Waals surface area contributed by atoms with Crippen molar-refractivity contribution < 1.29 is 0 Å². The lowest BCUT2D eigenvalue weighted by Crippen LogP contribution is -2.42. The third kappa shape index (κ3) is 4.67. The van der Waals surface area contributed by atoms with E-state index >= 15 is 0 Å². The van der Waals surface area contributed by atoms with Crippen LogP contribution in [-0.2, 0) is 0 Å². The highest BCUT2D eigenvalue weighted by atomic mass is 15.3. The van der Waals surface area contributed by atoms with E-state index in [-0.39, 0.29) is 11.0 Å². The molecular formula is C44H49N2. The quantitative estimate of drug-likeness (QED) is 0.176. The van der Waals surface area contributed by atoms with Crippen molar-refractivity contribution in [2.24, 2.45) is 5.41 Å². The second-order valence-corrected chi connectivity index (χ2v) is 14.9. The molecule has 2 heterocycles. The van der Waals surface area contributed by atoms with Crippen LogP contribution in [0.3, 0.4) is 0 Å². The second-order valence-electron chi connectivity index (χ2n) is 14.9. The average molecular weight is 606 g/mol. The molecule has 1 aliphatic heterocycles. The van der Waals surface area contributed by atoms with Crippen LogP contribution >= 0.6 is 0 Å². The molecular weight excluding hydrogens is 556 g/mol. The van der Waals surface area contributed by atoms with Crippen molar-refractivity contribution in [1.82, 2.24) is 4.57 Å². The molecule has 0 aliphatic carbocycles. The van der Waals surface area contributed by atoms with Crippen LogP contribution in [0.5, 0.6) is 0 Å². The van der Waals surface area contributed by atoms with Crippen LogP contribution in [-0.4, -0.2) is 10.1 Å². The summed E-state index contributed by atoms with van der Waals surface area (Å²) >= 11 is 0. The number of para-hydroxylation sites is 2. The van der Waals surface area contributed by atoms with Crippen LogP contribution in [0.15, 0.2) is 103 Å². The van der Waals surface area contributed by atoms with Crippen molar-refractivity contribution in [3.63, 3.8) is 0 Å². The molecule has 1 radical (unpaired) electrons. The Kier molecular flexibility index (Phi) is 7.54. The molecule has 1 saturated heterocycles. The van der Waals surface area contributed by atoms with Crippen molar-refractivity contribution in [3.05, 3.63) is 126 Å². The van der Waals surface area contributed by atoms with Crippen LogP contribution in [0.25, 0.3) is 38.3 Å². The summed E-state index contributed by atoms with van der Waals surface area (Å²) in [4.78, 5) is 2.80. The number of benzene rings is 5. The highest BCUT2D eigenvalue weighted by Crippen LogP contribution is 2.60. The van der Waals surface area contributed by atoms with E-state index in [4.69, 9.17) is 0 Å². The van der Waals surface area contributed by atoms with Gasteiger partial charge in [-0.25, -0.2) is 0 Å². The monoisotopic (exact) mass is 605 g/mol. The molecule has 2 heteroatoms. The average Bonchev–Trinajstić information content (AvgIpc) is 3.52. The Labute approximate surface area is 276 Å². The molecule has 2 nitrogen and oxygen atoms in total. The van der Waals surface area contributed by atoms with Gasteiger partial charge in [0, 0.05) is 33.1 Å². The number of nitrogens with zero attached hydrogens (tertiary/aromatic N) is 2. The van der Waals surface area contributed by atoms with Crippen molar-refractivity contribution in [1.29, 1.82) is 0 Å². The Morgan fingerprint density at radius 3 is 1.93 bits per heavy atom. The second kappa shape index (κ2) is 11.3. The molecule has 0 N–H and O–H groups in total. The number of hydrogen-bond donors (Lipinski definition) is 0. The van der Waals surface area contributed by atoms with Gasteiger partial charge in [0.25, 0.3) is 0 Å². The summed E-state index contributed by atoms with van der Waals surface area (Å²) in [6.45, 7) is 19.2. The van der Waals surface area contributed by atoms with E-state index in [0.717, 1.165) is 19.3 Å². The van der Waals surface area contributed by atoms with Gasteiger partial charge in [0.1, 0.15) is 0 Å². The normalized spacial score (nSPS) is 16.5. The van der Waals surface area contributed by atoms with Crippen LogP contribution in [0.4, 0.5) is 5.69 Å². The molecule has 0 bridgehead atoms. The molecule has 6 aromatic rings. The third-order valence-corrected chi connectivity index (χ3v) is 11.0. The number of fused-ring (bicyclic) bond motifs is 4. The van der Waals surface area contributed by atoms with Gasteiger partial charge < -0.3 is 9.47 Å². The van der Waals surface area contributed by atoms with Gasteiger partial charge in [-0.05, 0) is 103 Å². The Morgan fingerprint density at radius 1 is 0.630 bits per heavy atom. The summed E-state index contributed by atoms with van der Waals surface area (Å²) < 4.78 is 2.46. The molecule has 0 atom stereocenters. The fourth-order valence-corrected chi connectivity index (χ4v) is 8.70. The first-order valence-electron chi connectivity index (χ1n) is 17.4. The van der Waals surface area contributed by atoms with Gasteiger partial charge in [-0.2, -0.15) is 0 Å². The van der Waals surface area contributed by atoms with Crippen LogP contribution in [0.2, 0.25) is 0 Å². The number of aromatic nitrogens is 1. The van der Waals surface area contributed by atoms with E-state index in [1.54, 1.807) is 0 Å². The predicted octanol–water partition coefficient (Wildman–Crippen LogP) is 12.6. The summed E-state index contributed by atoms with van der Waals surface area (Å²) in [5.74, 6) is 0.873. The molecule has 0 unspecified atom stereocenters. The molecule has 0 amide bonds. The zero-order chi connectivity index (χ0) is 32.4. The molecule has 235 valence electrons. The van der Waals surface area contributed by atoms with Crippen molar-refractivity contribution in [2.45, 2.75) is 92.0 Å². The first kappa shape index (κ1) is 30.6. The van der Waals surface area contributed by atoms with Gasteiger partial charge in [-0.3, -0.25) is 0 Å². The molecule has 0 spiro atoms. The Balaban J connectivity index is 1.49. The SMILES string of the molecule is CCC1(CC)CC(C)(C)N(c2c(C(C)C)cccc2C(C)C)[C]1c1ccc2c(c1)c1ccccc1n2-c1ccc2ccccc2c1. The highest BCUT2D eigenvalue weighted by molar-refractivity contribution is 6.10. The van der Waals surface area contributed by atoms with E-state index in [2.05, 4.69) is 168 Å². The molecule has 5 aromatic carbocycles. The maximum atomic E-state index is 2.80. The van der Waals surface area contributed by atoms with Crippen molar-refractivity contribution in [2.75, 3.05) is 4.90 Å². The summed E-state index contributed by atoms with van der Waals surface area (Å²) in [6.07, 6.45) is 3.39. The van der Waals surface area contributed by atoms with Crippen molar-refractivity contribution in [3.8, 4) is 5.69 Å².